The van der Waals surface area contributed by atoms with Crippen molar-refractivity contribution in [2.75, 3.05) is 56.5 Å². The molecule has 32 heavy (non-hydrogen) atoms. The van der Waals surface area contributed by atoms with Gasteiger partial charge in [-0.15, -0.1) is 0 Å². The van der Waals surface area contributed by atoms with Gasteiger partial charge in [-0.25, -0.2) is 0 Å². The minimum absolute atomic E-state index is 0.0153. The van der Waals surface area contributed by atoms with E-state index < -0.39 is 5.97 Å². The minimum Gasteiger partial charge on any atom is -0.468 e. The normalized spacial score (nSPS) is 11.8. The molecule has 0 spiro atoms. The highest BCUT2D eigenvalue weighted by Gasteiger charge is 2.29. The van der Waals surface area contributed by atoms with Crippen LogP contribution < -0.4 is 20.0 Å². The number of nitrogens with zero attached hydrogens (tertiary/aromatic N) is 3. The predicted molar refractivity (Wildman–Crippen MR) is 127 cm³/mol. The fraction of sp³-hybridized carbons (Fsp3) is 0.348. The number of benzene rings is 2. The van der Waals surface area contributed by atoms with Crippen molar-refractivity contribution >= 4 is 52.3 Å². The van der Waals surface area contributed by atoms with Crippen LogP contribution in [0.2, 0.25) is 0 Å². The molecular formula is C23H28N4O4S. The van der Waals surface area contributed by atoms with Crippen LogP contribution in [0.4, 0.5) is 22.7 Å². The summed E-state index contributed by atoms with van der Waals surface area (Å²) < 4.78 is 4.51. The molecule has 0 bridgehead atoms. The maximum atomic E-state index is 13.3. The Morgan fingerprint density at radius 2 is 1.44 bits per heavy atom. The van der Waals surface area contributed by atoms with Gasteiger partial charge >= 0.3 is 5.97 Å². The zero-order valence-corrected chi connectivity index (χ0v) is 19.8. The van der Waals surface area contributed by atoms with Gasteiger partial charge in [-0.3, -0.25) is 19.3 Å². The Labute approximate surface area is 192 Å². The van der Waals surface area contributed by atoms with Gasteiger partial charge in [0, 0.05) is 62.2 Å². The largest absolute Gasteiger partial charge is 0.468 e. The molecule has 8 nitrogen and oxygen atoms in total. The summed E-state index contributed by atoms with van der Waals surface area (Å²) in [6.07, 6.45) is -0.00286. The SMILES string of the molecule is COC(=O)CNC(=O)CCC(=O)N1c2ccc(N(C)C)cc2Sc2cc(N(C)C)ccc21. The van der Waals surface area contributed by atoms with E-state index in [1.807, 2.05) is 62.3 Å². The predicted octanol–water partition coefficient (Wildman–Crippen LogP) is 3.02. The molecule has 0 saturated heterocycles. The van der Waals surface area contributed by atoms with Crippen molar-refractivity contribution in [3.63, 3.8) is 0 Å². The van der Waals surface area contributed by atoms with Crippen LogP contribution in [0.1, 0.15) is 12.8 Å². The highest BCUT2D eigenvalue weighted by molar-refractivity contribution is 7.99. The lowest BCUT2D eigenvalue weighted by atomic mass is 10.1. The van der Waals surface area contributed by atoms with Crippen LogP contribution in [0, 0.1) is 0 Å². The molecule has 1 heterocycles. The molecule has 2 aromatic rings. The van der Waals surface area contributed by atoms with Crippen molar-refractivity contribution in [1.29, 1.82) is 0 Å². The summed E-state index contributed by atoms with van der Waals surface area (Å²) in [4.78, 5) is 44.2. The van der Waals surface area contributed by atoms with Crippen LogP contribution in [0.5, 0.6) is 0 Å². The third kappa shape index (κ3) is 5.16. The lowest BCUT2D eigenvalue weighted by Gasteiger charge is -2.32. The second-order valence-electron chi connectivity index (χ2n) is 7.78. The van der Waals surface area contributed by atoms with E-state index in [2.05, 4.69) is 22.2 Å². The maximum absolute atomic E-state index is 13.3. The third-order valence-corrected chi connectivity index (χ3v) is 6.19. The highest BCUT2D eigenvalue weighted by Crippen LogP contribution is 2.50. The number of fused-ring (bicyclic) bond motifs is 2. The van der Waals surface area contributed by atoms with E-state index in [1.54, 1.807) is 16.7 Å². The van der Waals surface area contributed by atoms with Gasteiger partial charge in [0.1, 0.15) is 6.54 Å². The number of ether oxygens (including phenoxy) is 1. The van der Waals surface area contributed by atoms with E-state index in [1.165, 1.54) is 7.11 Å². The monoisotopic (exact) mass is 456 g/mol. The Balaban J connectivity index is 1.88. The summed E-state index contributed by atoms with van der Waals surface area (Å²) >= 11 is 1.63. The van der Waals surface area contributed by atoms with Crippen LogP contribution in [-0.2, 0) is 19.1 Å². The van der Waals surface area contributed by atoms with Crippen LogP contribution in [0.3, 0.4) is 0 Å². The van der Waals surface area contributed by atoms with Crippen LogP contribution >= 0.6 is 11.8 Å². The fourth-order valence-electron chi connectivity index (χ4n) is 3.28. The summed E-state index contributed by atoms with van der Waals surface area (Å²) in [7, 11) is 9.16. The topological polar surface area (TPSA) is 82.2 Å². The second kappa shape index (κ2) is 9.95. The van der Waals surface area contributed by atoms with E-state index in [-0.39, 0.29) is 31.2 Å². The standard InChI is InChI=1S/C23H28N4O4S/c1-25(2)15-6-8-17-19(12-15)32-20-13-16(26(3)4)7-9-18(20)27(17)22(29)11-10-21(28)24-14-23(30)31-5/h6-9,12-13H,10-11,14H2,1-5H3,(H,24,28). The Kier molecular flexibility index (Phi) is 7.29. The Bertz CT molecular complexity index is 981. The lowest BCUT2D eigenvalue weighted by Crippen LogP contribution is -2.33. The van der Waals surface area contributed by atoms with Gasteiger partial charge < -0.3 is 19.9 Å². The van der Waals surface area contributed by atoms with Crippen molar-refractivity contribution in [3.8, 4) is 0 Å². The number of hydrogen-bond donors (Lipinski definition) is 1. The van der Waals surface area contributed by atoms with Crippen molar-refractivity contribution in [2.45, 2.75) is 22.6 Å². The highest BCUT2D eigenvalue weighted by atomic mass is 32.2. The molecule has 9 heteroatoms. The van der Waals surface area contributed by atoms with Gasteiger partial charge in [0.2, 0.25) is 11.8 Å². The van der Waals surface area contributed by atoms with Gasteiger partial charge in [0.25, 0.3) is 0 Å². The maximum Gasteiger partial charge on any atom is 0.325 e. The van der Waals surface area contributed by atoms with Crippen molar-refractivity contribution in [2.24, 2.45) is 0 Å². The number of carbonyl (C=O) groups is 3. The number of anilines is 4. The Hall–Kier alpha value is -3.20. The van der Waals surface area contributed by atoms with Crippen LogP contribution in [0.15, 0.2) is 46.2 Å². The van der Waals surface area contributed by atoms with Crippen LogP contribution in [0.25, 0.3) is 0 Å². The number of hydrogen-bond acceptors (Lipinski definition) is 7. The van der Waals surface area contributed by atoms with Gasteiger partial charge in [0.15, 0.2) is 0 Å². The summed E-state index contributed by atoms with van der Waals surface area (Å²) in [5, 5.41) is 2.47. The summed E-state index contributed by atoms with van der Waals surface area (Å²) in [5.74, 6) is -1.09. The zero-order chi connectivity index (χ0) is 23.4. The van der Waals surface area contributed by atoms with Crippen molar-refractivity contribution in [1.82, 2.24) is 5.32 Å². The number of rotatable bonds is 7. The quantitative estimate of drug-likeness (QED) is 0.642. The number of esters is 1. The molecule has 0 fully saturated rings. The molecule has 1 N–H and O–H groups in total. The van der Waals surface area contributed by atoms with E-state index >= 15 is 0 Å². The number of methoxy groups -OCH3 is 1. The molecule has 0 saturated carbocycles. The number of amides is 2. The summed E-state index contributed by atoms with van der Waals surface area (Å²) in [6.45, 7) is -0.212. The molecule has 2 aromatic carbocycles. The first-order valence-electron chi connectivity index (χ1n) is 10.2. The average molecular weight is 457 g/mol. The Morgan fingerprint density at radius 3 is 1.91 bits per heavy atom. The summed E-state index contributed by atoms with van der Waals surface area (Å²) in [6, 6.07) is 12.0. The molecular weight excluding hydrogens is 428 g/mol. The lowest BCUT2D eigenvalue weighted by molar-refractivity contribution is -0.141. The van der Waals surface area contributed by atoms with Crippen molar-refractivity contribution < 1.29 is 19.1 Å². The first-order valence-corrected chi connectivity index (χ1v) is 11.0. The van der Waals surface area contributed by atoms with Gasteiger partial charge in [0.05, 0.1) is 18.5 Å². The molecule has 0 aromatic heterocycles. The first-order chi connectivity index (χ1) is 15.2. The second-order valence-corrected chi connectivity index (χ2v) is 8.86. The molecule has 0 aliphatic carbocycles. The van der Waals surface area contributed by atoms with Gasteiger partial charge in [-0.1, -0.05) is 11.8 Å². The number of carbonyl (C=O) groups excluding carboxylic acids is 3. The molecule has 170 valence electrons. The molecule has 3 rings (SSSR count). The smallest absolute Gasteiger partial charge is 0.325 e. The zero-order valence-electron chi connectivity index (χ0n) is 19.0. The molecule has 1 aliphatic heterocycles. The molecule has 0 unspecified atom stereocenters. The Morgan fingerprint density at radius 1 is 0.906 bits per heavy atom. The minimum atomic E-state index is -0.533. The molecule has 2 amide bonds. The van der Waals surface area contributed by atoms with E-state index in [0.717, 1.165) is 32.5 Å². The van der Waals surface area contributed by atoms with E-state index in [4.69, 9.17) is 0 Å². The molecule has 0 radical (unpaired) electrons. The number of nitrogens with one attached hydrogen (secondary N) is 1. The average Bonchev–Trinajstić information content (AvgIpc) is 2.78. The first kappa shape index (κ1) is 23.5. The summed E-state index contributed by atoms with van der Waals surface area (Å²) in [5.41, 5.74) is 3.67. The molecule has 0 atom stereocenters. The third-order valence-electron chi connectivity index (χ3n) is 5.09. The van der Waals surface area contributed by atoms with E-state index in [0.29, 0.717) is 0 Å². The van der Waals surface area contributed by atoms with Crippen molar-refractivity contribution in [3.05, 3.63) is 36.4 Å². The van der Waals surface area contributed by atoms with E-state index in [9.17, 15) is 14.4 Å². The molecule has 1 aliphatic rings. The fourth-order valence-corrected chi connectivity index (χ4v) is 4.40. The van der Waals surface area contributed by atoms with Crippen LogP contribution in [-0.4, -0.2) is 59.6 Å². The van der Waals surface area contributed by atoms with Gasteiger partial charge in [-0.05, 0) is 36.4 Å². The van der Waals surface area contributed by atoms with Gasteiger partial charge in [-0.2, -0.15) is 0 Å².